The van der Waals surface area contributed by atoms with Crippen molar-refractivity contribution >= 4 is 23.5 Å². The number of carbonyl (C=O) groups is 1. The molecule has 0 bridgehead atoms. The Kier molecular flexibility index (Phi) is 7.03. The Balaban J connectivity index is 4.25. The summed E-state index contributed by atoms with van der Waals surface area (Å²) in [5, 5.41) is 14.4. The summed E-state index contributed by atoms with van der Waals surface area (Å²) in [6.07, 6.45) is 0.913. The van der Waals surface area contributed by atoms with Crippen LogP contribution in [0.15, 0.2) is 5.16 Å². The average Bonchev–Trinajstić information content (AvgIpc) is 2.28. The standard InChI is InChI=1S/C11H23N3O2S/c1-5-17-7-6-8(2)13-10(15)11(3,4)9(12)14-16/h8,16H,5-7H2,1-4H3,(H2,12,14)(H,13,15). The third kappa shape index (κ3) is 5.30. The van der Waals surface area contributed by atoms with Gasteiger partial charge in [-0.2, -0.15) is 11.8 Å². The number of amides is 1. The van der Waals surface area contributed by atoms with Crippen LogP contribution >= 0.6 is 11.8 Å². The van der Waals surface area contributed by atoms with Crippen molar-refractivity contribution in [1.29, 1.82) is 0 Å². The highest BCUT2D eigenvalue weighted by Gasteiger charge is 2.33. The number of hydrogen-bond donors (Lipinski definition) is 3. The van der Waals surface area contributed by atoms with E-state index in [1.54, 1.807) is 13.8 Å². The number of carbonyl (C=O) groups excluding carboxylic acids is 1. The Bertz CT molecular complexity index is 280. The second-order valence-electron chi connectivity index (χ2n) is 4.47. The molecule has 0 aromatic rings. The molecule has 0 heterocycles. The largest absolute Gasteiger partial charge is 0.409 e. The van der Waals surface area contributed by atoms with E-state index in [0.29, 0.717) is 0 Å². The second kappa shape index (κ2) is 7.42. The van der Waals surface area contributed by atoms with Crippen LogP contribution in [0, 0.1) is 5.41 Å². The van der Waals surface area contributed by atoms with Crippen LogP contribution in [-0.4, -0.2) is 34.5 Å². The number of nitrogens with two attached hydrogens (primary N) is 1. The van der Waals surface area contributed by atoms with E-state index in [9.17, 15) is 4.79 Å². The molecule has 0 aliphatic carbocycles. The minimum absolute atomic E-state index is 0.0786. The third-order valence-electron chi connectivity index (χ3n) is 2.59. The molecule has 1 unspecified atom stereocenters. The van der Waals surface area contributed by atoms with Gasteiger partial charge in [-0.3, -0.25) is 4.79 Å². The molecule has 0 aliphatic heterocycles. The van der Waals surface area contributed by atoms with E-state index >= 15 is 0 Å². The van der Waals surface area contributed by atoms with Crippen molar-refractivity contribution in [1.82, 2.24) is 5.32 Å². The first-order valence-corrected chi connectivity index (χ1v) is 6.88. The third-order valence-corrected chi connectivity index (χ3v) is 3.53. The molecule has 17 heavy (non-hydrogen) atoms. The van der Waals surface area contributed by atoms with Crippen molar-refractivity contribution in [3.05, 3.63) is 0 Å². The molecule has 1 amide bonds. The average molecular weight is 261 g/mol. The lowest BCUT2D eigenvalue weighted by Gasteiger charge is -2.24. The highest BCUT2D eigenvalue weighted by Crippen LogP contribution is 2.16. The summed E-state index contributed by atoms with van der Waals surface area (Å²) in [7, 11) is 0. The highest BCUT2D eigenvalue weighted by atomic mass is 32.2. The van der Waals surface area contributed by atoms with Crippen molar-refractivity contribution in [2.24, 2.45) is 16.3 Å². The van der Waals surface area contributed by atoms with Gasteiger partial charge in [-0.15, -0.1) is 0 Å². The van der Waals surface area contributed by atoms with Gasteiger partial charge in [-0.1, -0.05) is 12.1 Å². The molecule has 4 N–H and O–H groups in total. The van der Waals surface area contributed by atoms with Crippen molar-refractivity contribution in [2.75, 3.05) is 11.5 Å². The van der Waals surface area contributed by atoms with E-state index in [1.165, 1.54) is 0 Å². The summed E-state index contributed by atoms with van der Waals surface area (Å²) >= 11 is 1.84. The van der Waals surface area contributed by atoms with Gasteiger partial charge >= 0.3 is 0 Å². The lowest BCUT2D eigenvalue weighted by molar-refractivity contribution is -0.127. The van der Waals surface area contributed by atoms with Crippen LogP contribution in [0.5, 0.6) is 0 Å². The molecule has 0 aromatic carbocycles. The molecule has 0 saturated carbocycles. The fourth-order valence-electron chi connectivity index (χ4n) is 1.12. The maximum absolute atomic E-state index is 11.9. The first-order valence-electron chi connectivity index (χ1n) is 5.73. The van der Waals surface area contributed by atoms with E-state index < -0.39 is 5.41 Å². The van der Waals surface area contributed by atoms with Gasteiger partial charge in [-0.05, 0) is 38.7 Å². The summed E-state index contributed by atoms with van der Waals surface area (Å²) in [5.74, 6) is 1.80. The molecular formula is C11H23N3O2S. The van der Waals surface area contributed by atoms with Gasteiger partial charge in [-0.25, -0.2) is 0 Å². The van der Waals surface area contributed by atoms with Crippen LogP contribution in [0.1, 0.15) is 34.1 Å². The zero-order chi connectivity index (χ0) is 13.5. The lowest BCUT2D eigenvalue weighted by Crippen LogP contribution is -2.48. The van der Waals surface area contributed by atoms with Crippen LogP contribution in [0.3, 0.4) is 0 Å². The molecule has 0 aliphatic rings. The lowest BCUT2D eigenvalue weighted by atomic mass is 9.90. The molecule has 0 spiro atoms. The Hall–Kier alpha value is -0.910. The van der Waals surface area contributed by atoms with Gasteiger partial charge < -0.3 is 16.3 Å². The summed E-state index contributed by atoms with van der Waals surface area (Å²) in [6, 6.07) is 0.0901. The topological polar surface area (TPSA) is 87.7 Å². The fraction of sp³-hybridized carbons (Fsp3) is 0.818. The van der Waals surface area contributed by atoms with E-state index in [2.05, 4.69) is 17.4 Å². The molecule has 0 radical (unpaired) electrons. The molecule has 6 heteroatoms. The summed E-state index contributed by atoms with van der Waals surface area (Å²) in [6.45, 7) is 7.32. The number of rotatable bonds is 7. The Morgan fingerprint density at radius 3 is 2.65 bits per heavy atom. The zero-order valence-electron chi connectivity index (χ0n) is 11.0. The summed E-state index contributed by atoms with van der Waals surface area (Å²) in [4.78, 5) is 11.9. The van der Waals surface area contributed by atoms with Gasteiger partial charge in [0.05, 0.1) is 0 Å². The molecule has 0 fully saturated rings. The van der Waals surface area contributed by atoms with Crippen LogP contribution in [0.4, 0.5) is 0 Å². The Morgan fingerprint density at radius 2 is 2.18 bits per heavy atom. The normalized spacial score (nSPS) is 14.5. The number of thioether (sulfide) groups is 1. The monoisotopic (exact) mass is 261 g/mol. The zero-order valence-corrected chi connectivity index (χ0v) is 11.8. The van der Waals surface area contributed by atoms with E-state index in [1.807, 2.05) is 18.7 Å². The van der Waals surface area contributed by atoms with Gasteiger partial charge in [0, 0.05) is 6.04 Å². The van der Waals surface area contributed by atoms with Crippen LogP contribution in [0.25, 0.3) is 0 Å². The first-order chi connectivity index (χ1) is 7.86. The van der Waals surface area contributed by atoms with E-state index in [0.717, 1.165) is 17.9 Å². The number of nitrogens with one attached hydrogen (secondary N) is 1. The van der Waals surface area contributed by atoms with E-state index in [-0.39, 0.29) is 17.8 Å². The molecule has 0 aromatic heterocycles. The molecule has 5 nitrogen and oxygen atoms in total. The van der Waals surface area contributed by atoms with Crippen molar-refractivity contribution in [2.45, 2.75) is 40.2 Å². The van der Waals surface area contributed by atoms with Crippen LogP contribution < -0.4 is 11.1 Å². The van der Waals surface area contributed by atoms with Gasteiger partial charge in [0.25, 0.3) is 0 Å². The van der Waals surface area contributed by atoms with Crippen molar-refractivity contribution in [3.63, 3.8) is 0 Å². The Labute approximate surface area is 107 Å². The minimum atomic E-state index is -0.985. The van der Waals surface area contributed by atoms with Crippen molar-refractivity contribution in [3.8, 4) is 0 Å². The quantitative estimate of drug-likeness (QED) is 0.212. The number of nitrogens with zero attached hydrogens (tertiary/aromatic N) is 1. The summed E-state index contributed by atoms with van der Waals surface area (Å²) in [5.41, 5.74) is 4.50. The van der Waals surface area contributed by atoms with E-state index in [4.69, 9.17) is 10.9 Å². The molecule has 0 rings (SSSR count). The number of amidine groups is 1. The van der Waals surface area contributed by atoms with Crippen molar-refractivity contribution < 1.29 is 10.0 Å². The van der Waals surface area contributed by atoms with Crippen LogP contribution in [0.2, 0.25) is 0 Å². The molecule has 1 atom stereocenters. The molecular weight excluding hydrogens is 238 g/mol. The first kappa shape index (κ1) is 16.1. The fourth-order valence-corrected chi connectivity index (χ4v) is 1.93. The predicted molar refractivity (Wildman–Crippen MR) is 72.4 cm³/mol. The number of oxime groups is 1. The second-order valence-corrected chi connectivity index (χ2v) is 5.86. The van der Waals surface area contributed by atoms with Gasteiger partial charge in [0.15, 0.2) is 5.84 Å². The van der Waals surface area contributed by atoms with Crippen LogP contribution in [-0.2, 0) is 4.79 Å². The van der Waals surface area contributed by atoms with Gasteiger partial charge in [0.1, 0.15) is 5.41 Å². The number of hydrogen-bond acceptors (Lipinski definition) is 4. The Morgan fingerprint density at radius 1 is 1.59 bits per heavy atom. The smallest absolute Gasteiger partial charge is 0.233 e. The SMILES string of the molecule is CCSCCC(C)NC(=O)C(C)(C)C(N)=NO. The summed E-state index contributed by atoms with van der Waals surface area (Å²) < 4.78 is 0. The maximum Gasteiger partial charge on any atom is 0.233 e. The maximum atomic E-state index is 11.9. The van der Waals surface area contributed by atoms with Gasteiger partial charge in [0.2, 0.25) is 5.91 Å². The molecule has 0 saturated heterocycles. The minimum Gasteiger partial charge on any atom is -0.409 e. The predicted octanol–water partition coefficient (Wildman–Crippen LogP) is 1.41. The highest BCUT2D eigenvalue weighted by molar-refractivity contribution is 7.99. The molecule has 100 valence electrons.